The fraction of sp³-hybridized carbons (Fsp3) is 0.421. The molecular weight excluding hydrogens is 328 g/mol. The molecule has 2 amide bonds. The maximum absolute atomic E-state index is 12.8. The number of likely N-dealkylation sites (tertiary alicyclic amines) is 1. The maximum Gasteiger partial charge on any atom is 0.318 e. The number of benzene rings is 1. The second-order valence-corrected chi connectivity index (χ2v) is 6.71. The molecule has 1 aromatic carbocycles. The Balaban J connectivity index is 1.48. The van der Waals surface area contributed by atoms with Crippen molar-refractivity contribution in [3.05, 3.63) is 48.0 Å². The summed E-state index contributed by atoms with van der Waals surface area (Å²) in [6.45, 7) is 4.11. The van der Waals surface area contributed by atoms with E-state index >= 15 is 0 Å². The Kier molecular flexibility index (Phi) is 4.60. The summed E-state index contributed by atoms with van der Waals surface area (Å²) in [4.78, 5) is 22.8. The highest BCUT2D eigenvalue weighted by Crippen LogP contribution is 2.30. The smallest absolute Gasteiger partial charge is 0.318 e. The molecule has 26 heavy (non-hydrogen) atoms. The topological polar surface area (TPSA) is 78.8 Å². The lowest BCUT2D eigenvalue weighted by Gasteiger charge is -2.34. The molecule has 0 bridgehead atoms. The fourth-order valence-corrected chi connectivity index (χ4v) is 3.54. The minimum absolute atomic E-state index is 0.00508. The first-order chi connectivity index (χ1) is 12.7. The second-order valence-electron chi connectivity index (χ2n) is 6.71. The van der Waals surface area contributed by atoms with Gasteiger partial charge < -0.3 is 15.2 Å². The van der Waals surface area contributed by atoms with Crippen LogP contribution in [0, 0.1) is 0 Å². The van der Waals surface area contributed by atoms with Gasteiger partial charge in [0.25, 0.3) is 0 Å². The number of aromatic amines is 1. The molecule has 3 heterocycles. The van der Waals surface area contributed by atoms with Crippen LogP contribution in [0.4, 0.5) is 4.79 Å². The number of aryl methyl sites for hydroxylation is 1. The molecule has 0 aliphatic carbocycles. The van der Waals surface area contributed by atoms with Crippen LogP contribution in [0.3, 0.4) is 0 Å². The van der Waals surface area contributed by atoms with E-state index < -0.39 is 0 Å². The van der Waals surface area contributed by atoms with Gasteiger partial charge in [0, 0.05) is 31.4 Å². The van der Waals surface area contributed by atoms with E-state index in [1.807, 2.05) is 47.0 Å². The van der Waals surface area contributed by atoms with E-state index in [-0.39, 0.29) is 12.1 Å². The number of hydrogen-bond donors (Lipinski definition) is 2. The standard InChI is InChI=1S/C19H24N6O/c1-2-24-13-14(12-21-24)11-20-19(26)25-10-6-5-9-17(25)18-22-15-7-3-4-8-16(15)23-18/h3-4,7-8,12-13,17H,2,5-6,9-11H2,1H3,(H,20,26)(H,22,23). The Morgan fingerprint density at radius 1 is 1.35 bits per heavy atom. The van der Waals surface area contributed by atoms with Crippen LogP contribution in [0.15, 0.2) is 36.7 Å². The van der Waals surface area contributed by atoms with Crippen LogP contribution in [0.1, 0.15) is 43.6 Å². The van der Waals surface area contributed by atoms with Crippen molar-refractivity contribution in [2.45, 2.75) is 45.3 Å². The summed E-state index contributed by atoms with van der Waals surface area (Å²) >= 11 is 0. The van der Waals surface area contributed by atoms with Gasteiger partial charge in [-0.25, -0.2) is 9.78 Å². The summed E-state index contributed by atoms with van der Waals surface area (Å²) in [6.07, 6.45) is 6.83. The van der Waals surface area contributed by atoms with Crippen LogP contribution in [0.25, 0.3) is 11.0 Å². The highest BCUT2D eigenvalue weighted by molar-refractivity contribution is 5.76. The van der Waals surface area contributed by atoms with Gasteiger partial charge in [-0.3, -0.25) is 4.68 Å². The van der Waals surface area contributed by atoms with Crippen molar-refractivity contribution >= 4 is 17.1 Å². The number of carbonyl (C=O) groups is 1. The number of nitrogens with one attached hydrogen (secondary N) is 2. The van der Waals surface area contributed by atoms with Gasteiger partial charge in [-0.15, -0.1) is 0 Å². The summed E-state index contributed by atoms with van der Waals surface area (Å²) in [5.74, 6) is 0.875. The highest BCUT2D eigenvalue weighted by atomic mass is 16.2. The quantitative estimate of drug-likeness (QED) is 0.757. The van der Waals surface area contributed by atoms with Gasteiger partial charge in [0.1, 0.15) is 5.82 Å². The molecule has 7 heteroatoms. The van der Waals surface area contributed by atoms with E-state index in [4.69, 9.17) is 4.98 Å². The van der Waals surface area contributed by atoms with E-state index in [1.54, 1.807) is 6.20 Å². The van der Waals surface area contributed by atoms with E-state index in [0.717, 1.165) is 54.8 Å². The van der Waals surface area contributed by atoms with Crippen LogP contribution < -0.4 is 5.32 Å². The Morgan fingerprint density at radius 3 is 3.04 bits per heavy atom. The van der Waals surface area contributed by atoms with Crippen LogP contribution >= 0.6 is 0 Å². The van der Waals surface area contributed by atoms with E-state index in [2.05, 4.69) is 15.4 Å². The molecule has 3 aromatic rings. The number of aromatic nitrogens is 4. The number of piperidine rings is 1. The van der Waals surface area contributed by atoms with Gasteiger partial charge in [0.2, 0.25) is 0 Å². The average molecular weight is 352 g/mol. The Labute approximate surface area is 152 Å². The molecule has 2 N–H and O–H groups in total. The van der Waals surface area contributed by atoms with Crippen LogP contribution in [0.2, 0.25) is 0 Å². The molecule has 7 nitrogen and oxygen atoms in total. The van der Waals surface area contributed by atoms with Gasteiger partial charge in [0.05, 0.1) is 23.3 Å². The third-order valence-electron chi connectivity index (χ3n) is 4.94. The van der Waals surface area contributed by atoms with Gasteiger partial charge >= 0.3 is 6.03 Å². The van der Waals surface area contributed by atoms with Crippen molar-refractivity contribution in [3.63, 3.8) is 0 Å². The summed E-state index contributed by atoms with van der Waals surface area (Å²) < 4.78 is 1.86. The lowest BCUT2D eigenvalue weighted by atomic mass is 10.0. The van der Waals surface area contributed by atoms with Crippen molar-refractivity contribution in [1.29, 1.82) is 0 Å². The number of urea groups is 1. The molecular formula is C19H24N6O. The van der Waals surface area contributed by atoms with Gasteiger partial charge in [-0.05, 0) is 38.3 Å². The number of H-pyrrole nitrogens is 1. The molecule has 1 fully saturated rings. The minimum Gasteiger partial charge on any atom is -0.340 e. The van der Waals surface area contributed by atoms with Crippen LogP contribution in [0.5, 0.6) is 0 Å². The molecule has 4 rings (SSSR count). The van der Waals surface area contributed by atoms with Crippen LogP contribution in [-0.4, -0.2) is 37.2 Å². The van der Waals surface area contributed by atoms with Crippen molar-refractivity contribution in [3.8, 4) is 0 Å². The molecule has 0 radical (unpaired) electrons. The maximum atomic E-state index is 12.8. The zero-order chi connectivity index (χ0) is 17.9. The third kappa shape index (κ3) is 3.29. The molecule has 136 valence electrons. The predicted molar refractivity (Wildman–Crippen MR) is 99.5 cm³/mol. The first-order valence-corrected chi connectivity index (χ1v) is 9.25. The Morgan fingerprint density at radius 2 is 2.23 bits per heavy atom. The monoisotopic (exact) mass is 352 g/mol. The lowest BCUT2D eigenvalue weighted by Crippen LogP contribution is -2.44. The fourth-order valence-electron chi connectivity index (χ4n) is 3.54. The van der Waals surface area contributed by atoms with E-state index in [1.165, 1.54) is 0 Å². The number of rotatable bonds is 4. The number of para-hydroxylation sites is 2. The molecule has 0 spiro atoms. The minimum atomic E-state index is -0.0422. The Bertz CT molecular complexity index is 865. The first kappa shape index (κ1) is 16.6. The molecule has 1 atom stereocenters. The molecule has 2 aromatic heterocycles. The molecule has 1 aliphatic rings. The molecule has 1 saturated heterocycles. The third-order valence-corrected chi connectivity index (χ3v) is 4.94. The Hall–Kier alpha value is -2.83. The van der Waals surface area contributed by atoms with Gasteiger partial charge in [0.15, 0.2) is 0 Å². The molecule has 1 aliphatic heterocycles. The number of imidazole rings is 1. The van der Waals surface area contributed by atoms with Gasteiger partial charge in [-0.1, -0.05) is 12.1 Å². The van der Waals surface area contributed by atoms with Gasteiger partial charge in [-0.2, -0.15) is 5.10 Å². The van der Waals surface area contributed by atoms with E-state index in [9.17, 15) is 4.79 Å². The second kappa shape index (κ2) is 7.19. The first-order valence-electron chi connectivity index (χ1n) is 9.25. The van der Waals surface area contributed by atoms with Crippen LogP contribution in [-0.2, 0) is 13.1 Å². The predicted octanol–water partition coefficient (Wildman–Crippen LogP) is 3.22. The van der Waals surface area contributed by atoms with Crippen molar-refractivity contribution in [2.24, 2.45) is 0 Å². The van der Waals surface area contributed by atoms with Crippen molar-refractivity contribution < 1.29 is 4.79 Å². The number of nitrogens with zero attached hydrogens (tertiary/aromatic N) is 4. The molecule has 1 unspecified atom stereocenters. The summed E-state index contributed by atoms with van der Waals surface area (Å²) in [5, 5.41) is 7.28. The van der Waals surface area contributed by atoms with Crippen molar-refractivity contribution in [2.75, 3.05) is 6.54 Å². The average Bonchev–Trinajstić information content (AvgIpc) is 3.32. The normalized spacial score (nSPS) is 17.6. The SMILES string of the molecule is CCn1cc(CNC(=O)N2CCCCC2c2nc3ccccc3[nH]2)cn1. The highest BCUT2D eigenvalue weighted by Gasteiger charge is 2.30. The lowest BCUT2D eigenvalue weighted by molar-refractivity contribution is 0.147. The number of carbonyl (C=O) groups excluding carboxylic acids is 1. The number of amides is 2. The zero-order valence-corrected chi connectivity index (χ0v) is 15.0. The molecule has 0 saturated carbocycles. The van der Waals surface area contributed by atoms with Crippen molar-refractivity contribution in [1.82, 2.24) is 30.0 Å². The number of fused-ring (bicyclic) bond motifs is 1. The van der Waals surface area contributed by atoms with E-state index in [0.29, 0.717) is 6.54 Å². The zero-order valence-electron chi connectivity index (χ0n) is 15.0. The summed E-state index contributed by atoms with van der Waals surface area (Å²) in [6, 6.07) is 7.94. The summed E-state index contributed by atoms with van der Waals surface area (Å²) in [7, 11) is 0. The number of hydrogen-bond acceptors (Lipinski definition) is 3. The summed E-state index contributed by atoms with van der Waals surface area (Å²) in [5.41, 5.74) is 2.97. The largest absolute Gasteiger partial charge is 0.340 e.